The molecule has 0 saturated heterocycles. The van der Waals surface area contributed by atoms with Crippen LogP contribution < -0.4 is 10.5 Å². The number of nitriles is 1. The fourth-order valence-corrected chi connectivity index (χ4v) is 3.23. The highest BCUT2D eigenvalue weighted by molar-refractivity contribution is 5.55. The van der Waals surface area contributed by atoms with Crippen LogP contribution in [0.1, 0.15) is 28.3 Å². The third-order valence-electron chi connectivity index (χ3n) is 4.52. The number of aromatic nitrogens is 3. The Morgan fingerprint density at radius 2 is 1.96 bits per heavy atom. The molecule has 3 aromatic rings. The summed E-state index contributed by atoms with van der Waals surface area (Å²) in [5.41, 5.74) is 11.2. The van der Waals surface area contributed by atoms with Crippen LogP contribution in [-0.2, 0) is 0 Å². The lowest BCUT2D eigenvalue weighted by molar-refractivity contribution is 0.387. The Morgan fingerprint density at radius 3 is 2.62 bits per heavy atom. The SMILES string of the molecule is Cc1ccc(-n2nc(C)c3c2OC(C#N)=C(N)C3c2cccnc2)cc1. The van der Waals surface area contributed by atoms with Gasteiger partial charge in [0.05, 0.1) is 28.6 Å². The number of allylic oxidation sites excluding steroid dienone is 2. The van der Waals surface area contributed by atoms with Gasteiger partial charge in [-0.25, -0.2) is 4.68 Å². The van der Waals surface area contributed by atoms with E-state index in [2.05, 4.69) is 16.2 Å². The number of fused-ring (bicyclic) bond motifs is 1. The van der Waals surface area contributed by atoms with Crippen LogP contribution in [0, 0.1) is 25.2 Å². The third kappa shape index (κ3) is 2.42. The van der Waals surface area contributed by atoms with E-state index < -0.39 is 0 Å². The van der Waals surface area contributed by atoms with Crippen molar-refractivity contribution in [3.63, 3.8) is 0 Å². The van der Waals surface area contributed by atoms with Crippen LogP contribution >= 0.6 is 0 Å². The van der Waals surface area contributed by atoms with Gasteiger partial charge in [-0.2, -0.15) is 10.4 Å². The number of hydrogen-bond donors (Lipinski definition) is 1. The molecule has 2 aromatic heterocycles. The number of nitrogens with zero attached hydrogens (tertiary/aromatic N) is 4. The summed E-state index contributed by atoms with van der Waals surface area (Å²) in [4.78, 5) is 4.19. The minimum absolute atomic E-state index is 0.0969. The van der Waals surface area contributed by atoms with Crippen molar-refractivity contribution in [3.05, 3.63) is 82.6 Å². The number of rotatable bonds is 2. The fraction of sp³-hybridized carbons (Fsp3) is 0.150. The highest BCUT2D eigenvalue weighted by Crippen LogP contribution is 2.43. The summed E-state index contributed by atoms with van der Waals surface area (Å²) >= 11 is 0. The molecule has 3 heterocycles. The molecule has 0 amide bonds. The first kappa shape index (κ1) is 15.9. The Morgan fingerprint density at radius 1 is 1.19 bits per heavy atom. The highest BCUT2D eigenvalue weighted by Gasteiger charge is 2.35. The number of benzene rings is 1. The molecule has 0 spiro atoms. The zero-order valence-electron chi connectivity index (χ0n) is 14.5. The van der Waals surface area contributed by atoms with E-state index in [1.807, 2.05) is 50.2 Å². The van der Waals surface area contributed by atoms with Gasteiger partial charge in [-0.1, -0.05) is 23.8 Å². The van der Waals surface area contributed by atoms with Crippen LogP contribution in [-0.4, -0.2) is 14.8 Å². The van der Waals surface area contributed by atoms with E-state index in [1.54, 1.807) is 17.1 Å². The molecule has 0 radical (unpaired) electrons. The number of ether oxygens (including phenoxy) is 1. The second-order valence-corrected chi connectivity index (χ2v) is 6.27. The van der Waals surface area contributed by atoms with E-state index in [-0.39, 0.29) is 11.7 Å². The minimum Gasteiger partial charge on any atom is -0.426 e. The number of hydrogen-bond acceptors (Lipinski definition) is 5. The minimum atomic E-state index is -0.318. The lowest BCUT2D eigenvalue weighted by Crippen LogP contribution is -2.22. The summed E-state index contributed by atoms with van der Waals surface area (Å²) in [5.74, 6) is 0.298. The molecule has 1 unspecified atom stereocenters. The Bertz CT molecular complexity index is 1040. The van der Waals surface area contributed by atoms with E-state index in [9.17, 15) is 5.26 Å². The lowest BCUT2D eigenvalue weighted by Gasteiger charge is -2.25. The predicted molar refractivity (Wildman–Crippen MR) is 96.6 cm³/mol. The quantitative estimate of drug-likeness (QED) is 0.772. The first-order valence-electron chi connectivity index (χ1n) is 8.24. The Kier molecular flexibility index (Phi) is 3.70. The molecule has 4 rings (SSSR count). The van der Waals surface area contributed by atoms with Gasteiger partial charge < -0.3 is 10.5 Å². The molecule has 6 heteroatoms. The van der Waals surface area contributed by atoms with Gasteiger partial charge in [-0.3, -0.25) is 4.98 Å². The molecule has 1 aromatic carbocycles. The molecule has 0 bridgehead atoms. The van der Waals surface area contributed by atoms with E-state index >= 15 is 0 Å². The lowest BCUT2D eigenvalue weighted by atomic mass is 9.87. The maximum absolute atomic E-state index is 9.50. The van der Waals surface area contributed by atoms with Gasteiger partial charge >= 0.3 is 0 Å². The fourth-order valence-electron chi connectivity index (χ4n) is 3.23. The average molecular weight is 343 g/mol. The summed E-state index contributed by atoms with van der Waals surface area (Å²) in [6.07, 6.45) is 3.46. The Hall–Kier alpha value is -3.59. The van der Waals surface area contributed by atoms with Gasteiger partial charge in [0.1, 0.15) is 6.07 Å². The molecule has 128 valence electrons. The van der Waals surface area contributed by atoms with Gasteiger partial charge in [-0.15, -0.1) is 0 Å². The van der Waals surface area contributed by atoms with Gasteiger partial charge in [0.2, 0.25) is 11.6 Å². The van der Waals surface area contributed by atoms with Crippen LogP contribution in [0.3, 0.4) is 0 Å². The summed E-state index contributed by atoms with van der Waals surface area (Å²) in [7, 11) is 0. The topological polar surface area (TPSA) is 89.8 Å². The molecule has 0 saturated carbocycles. The van der Waals surface area contributed by atoms with Crippen molar-refractivity contribution in [1.82, 2.24) is 14.8 Å². The van der Waals surface area contributed by atoms with E-state index in [4.69, 9.17) is 10.5 Å². The van der Waals surface area contributed by atoms with Crippen LogP contribution in [0.5, 0.6) is 5.88 Å². The van der Waals surface area contributed by atoms with Gasteiger partial charge in [0, 0.05) is 12.4 Å². The van der Waals surface area contributed by atoms with Crippen LogP contribution in [0.2, 0.25) is 0 Å². The maximum atomic E-state index is 9.50. The molecule has 26 heavy (non-hydrogen) atoms. The normalized spacial score (nSPS) is 16.0. The van der Waals surface area contributed by atoms with Crippen molar-refractivity contribution < 1.29 is 4.74 Å². The molecule has 6 nitrogen and oxygen atoms in total. The first-order chi connectivity index (χ1) is 12.6. The molecule has 1 aliphatic heterocycles. The maximum Gasteiger partial charge on any atom is 0.228 e. The van der Waals surface area contributed by atoms with Crippen molar-refractivity contribution in [2.75, 3.05) is 0 Å². The molecule has 1 aliphatic rings. The molecule has 0 fully saturated rings. The van der Waals surface area contributed by atoms with Crippen molar-refractivity contribution in [1.29, 1.82) is 5.26 Å². The summed E-state index contributed by atoms with van der Waals surface area (Å²) < 4.78 is 7.57. The largest absolute Gasteiger partial charge is 0.426 e. The van der Waals surface area contributed by atoms with Crippen molar-refractivity contribution in [2.24, 2.45) is 5.73 Å². The average Bonchev–Trinajstić information content (AvgIpc) is 2.99. The first-order valence-corrected chi connectivity index (χ1v) is 8.24. The zero-order valence-corrected chi connectivity index (χ0v) is 14.5. The van der Waals surface area contributed by atoms with E-state index in [0.29, 0.717) is 11.6 Å². The number of aryl methyl sites for hydroxylation is 2. The molecule has 2 N–H and O–H groups in total. The summed E-state index contributed by atoms with van der Waals surface area (Å²) in [5, 5.41) is 14.1. The second-order valence-electron chi connectivity index (χ2n) is 6.27. The summed E-state index contributed by atoms with van der Waals surface area (Å²) in [6, 6.07) is 13.8. The zero-order chi connectivity index (χ0) is 18.3. The van der Waals surface area contributed by atoms with Crippen LogP contribution in [0.15, 0.2) is 60.2 Å². The van der Waals surface area contributed by atoms with Crippen molar-refractivity contribution in [2.45, 2.75) is 19.8 Å². The molecular weight excluding hydrogens is 326 g/mol. The smallest absolute Gasteiger partial charge is 0.228 e. The standard InChI is InChI=1S/C20H17N5O/c1-12-5-7-15(8-6-12)25-20-17(13(2)24-25)18(14-4-3-9-23-11-14)19(22)16(10-21)26-20/h3-9,11,18H,22H2,1-2H3. The molecule has 0 aliphatic carbocycles. The number of pyridine rings is 1. The second kappa shape index (κ2) is 6.05. The van der Waals surface area contributed by atoms with Crippen LogP contribution in [0.25, 0.3) is 5.69 Å². The Balaban J connectivity index is 1.94. The van der Waals surface area contributed by atoms with Crippen molar-refractivity contribution in [3.8, 4) is 17.6 Å². The van der Waals surface area contributed by atoms with E-state index in [1.165, 1.54) is 0 Å². The Labute approximate surface area is 151 Å². The van der Waals surface area contributed by atoms with Gasteiger partial charge in [0.25, 0.3) is 0 Å². The molecular formula is C20H17N5O. The third-order valence-corrected chi connectivity index (χ3v) is 4.52. The van der Waals surface area contributed by atoms with Crippen molar-refractivity contribution >= 4 is 0 Å². The van der Waals surface area contributed by atoms with Crippen LogP contribution in [0.4, 0.5) is 0 Å². The molecule has 1 atom stereocenters. The van der Waals surface area contributed by atoms with Gasteiger partial charge in [-0.05, 0) is 37.6 Å². The predicted octanol–water partition coefficient (Wildman–Crippen LogP) is 3.10. The number of nitrogens with two attached hydrogens (primary N) is 1. The summed E-state index contributed by atoms with van der Waals surface area (Å²) in [6.45, 7) is 3.95. The van der Waals surface area contributed by atoms with E-state index in [0.717, 1.165) is 28.1 Å². The highest BCUT2D eigenvalue weighted by atomic mass is 16.5. The monoisotopic (exact) mass is 343 g/mol. The van der Waals surface area contributed by atoms with Gasteiger partial charge in [0.15, 0.2) is 0 Å².